The van der Waals surface area contributed by atoms with Crippen LogP contribution in [-0.2, 0) is 26.4 Å². The molecule has 4 rings (SSSR count). The molecule has 0 aliphatic carbocycles. The lowest BCUT2D eigenvalue weighted by Crippen LogP contribution is -2.44. The van der Waals surface area contributed by atoms with Gasteiger partial charge in [0.25, 0.3) is 5.56 Å². The molecule has 1 aromatic carbocycles. The molecule has 3 aromatic rings. The predicted octanol–water partition coefficient (Wildman–Crippen LogP) is 3.16. The molecule has 3 heterocycles. The summed E-state index contributed by atoms with van der Waals surface area (Å²) in [4.78, 5) is 25.0. The number of nitrogens with zero attached hydrogens (tertiary/aromatic N) is 5. The van der Waals surface area contributed by atoms with Gasteiger partial charge in [-0.05, 0) is 30.9 Å². The van der Waals surface area contributed by atoms with Crippen LogP contribution in [0.3, 0.4) is 0 Å². The minimum atomic E-state index is -0.132. The van der Waals surface area contributed by atoms with Gasteiger partial charge in [-0.15, -0.1) is 0 Å². The summed E-state index contributed by atoms with van der Waals surface area (Å²) >= 11 is 11.7. The van der Waals surface area contributed by atoms with Crippen LogP contribution in [0.25, 0.3) is 11.2 Å². The van der Waals surface area contributed by atoms with E-state index in [1.165, 1.54) is 5.56 Å². The molecule has 0 bridgehead atoms. The van der Waals surface area contributed by atoms with Gasteiger partial charge in [-0.1, -0.05) is 53.5 Å². The van der Waals surface area contributed by atoms with Gasteiger partial charge in [0.05, 0.1) is 0 Å². The van der Waals surface area contributed by atoms with Gasteiger partial charge >= 0.3 is 0 Å². The van der Waals surface area contributed by atoms with Crippen molar-refractivity contribution in [3.8, 4) is 0 Å². The summed E-state index contributed by atoms with van der Waals surface area (Å²) < 4.78 is 3.60. The highest BCUT2D eigenvalue weighted by molar-refractivity contribution is 6.55. The van der Waals surface area contributed by atoms with E-state index in [2.05, 4.69) is 17.0 Å². The van der Waals surface area contributed by atoms with Crippen molar-refractivity contribution in [1.82, 2.24) is 19.1 Å². The molecule has 9 heteroatoms. The van der Waals surface area contributed by atoms with Crippen LogP contribution in [0, 0.1) is 0 Å². The minimum Gasteiger partial charge on any atom is -0.341 e. The lowest BCUT2D eigenvalue weighted by molar-refractivity contribution is 0.495. The highest BCUT2D eigenvalue weighted by Crippen LogP contribution is 2.24. The Bertz CT molecular complexity index is 1150. The second-order valence-corrected chi connectivity index (χ2v) is 8.92. The van der Waals surface area contributed by atoms with Gasteiger partial charge in [-0.25, -0.2) is 4.98 Å². The highest BCUT2D eigenvalue weighted by Gasteiger charge is 2.25. The molecule has 0 radical (unpaired) electrons. The maximum absolute atomic E-state index is 13.3. The first-order valence-electron chi connectivity index (χ1n) is 10.5. The number of allylic oxidation sites excluding steroid dienone is 1. The van der Waals surface area contributed by atoms with E-state index in [-0.39, 0.29) is 16.1 Å². The number of halogens is 2. The van der Waals surface area contributed by atoms with Crippen LogP contribution < -0.4 is 16.2 Å². The second kappa shape index (κ2) is 9.42. The number of hydrogen-bond acceptors (Lipinski definition) is 5. The number of piperidine rings is 1. The maximum atomic E-state index is 13.3. The van der Waals surface area contributed by atoms with Gasteiger partial charge in [0, 0.05) is 39.1 Å². The highest BCUT2D eigenvalue weighted by atomic mass is 35.5. The van der Waals surface area contributed by atoms with Gasteiger partial charge < -0.3 is 15.2 Å². The molecule has 7 nitrogen and oxygen atoms in total. The van der Waals surface area contributed by atoms with Gasteiger partial charge in [0.2, 0.25) is 5.95 Å². The fourth-order valence-electron chi connectivity index (χ4n) is 4.08. The summed E-state index contributed by atoms with van der Waals surface area (Å²) in [6.45, 7) is 1.85. The Morgan fingerprint density at radius 2 is 2.00 bits per heavy atom. The zero-order valence-corrected chi connectivity index (χ0v) is 19.0. The number of benzene rings is 1. The summed E-state index contributed by atoms with van der Waals surface area (Å²) in [5, 5.41) is 0. The molecule has 0 spiro atoms. The van der Waals surface area contributed by atoms with Crippen molar-refractivity contribution in [2.24, 2.45) is 12.8 Å². The monoisotopic (exact) mass is 460 g/mol. The molecule has 0 saturated carbocycles. The van der Waals surface area contributed by atoms with Gasteiger partial charge in [0.1, 0.15) is 10.3 Å². The molecular weight excluding hydrogens is 435 g/mol. The average molecular weight is 461 g/mol. The molecular formula is C22H26Cl2N6O. The molecule has 2 aromatic heterocycles. The van der Waals surface area contributed by atoms with Gasteiger partial charge in [-0.3, -0.25) is 9.36 Å². The third-order valence-corrected chi connectivity index (χ3v) is 6.02. The van der Waals surface area contributed by atoms with Crippen molar-refractivity contribution in [2.45, 2.75) is 38.3 Å². The van der Waals surface area contributed by atoms with Crippen LogP contribution in [0.1, 0.15) is 24.2 Å². The normalized spacial score (nSPS) is 16.6. The van der Waals surface area contributed by atoms with Crippen LogP contribution in [0.2, 0.25) is 0 Å². The Kier molecular flexibility index (Phi) is 6.65. The molecule has 1 saturated heterocycles. The van der Waals surface area contributed by atoms with E-state index in [0.29, 0.717) is 42.4 Å². The Morgan fingerprint density at radius 1 is 1.23 bits per heavy atom. The average Bonchev–Trinajstić information content (AvgIpc) is 3.13. The lowest BCUT2D eigenvalue weighted by Gasteiger charge is -2.31. The van der Waals surface area contributed by atoms with Crippen LogP contribution in [0.15, 0.2) is 45.7 Å². The van der Waals surface area contributed by atoms with Crippen molar-refractivity contribution >= 4 is 40.3 Å². The largest absolute Gasteiger partial charge is 0.341 e. The van der Waals surface area contributed by atoms with Crippen molar-refractivity contribution in [3.05, 3.63) is 62.6 Å². The molecule has 1 unspecified atom stereocenters. The summed E-state index contributed by atoms with van der Waals surface area (Å²) in [5.74, 6) is 1.39. The molecule has 0 amide bonds. The van der Waals surface area contributed by atoms with E-state index in [1.807, 2.05) is 22.8 Å². The van der Waals surface area contributed by atoms with Crippen LogP contribution in [0.4, 0.5) is 5.95 Å². The van der Waals surface area contributed by atoms with E-state index < -0.39 is 0 Å². The number of aromatic nitrogens is 4. The zero-order valence-electron chi connectivity index (χ0n) is 17.5. The molecule has 2 N–H and O–H groups in total. The quantitative estimate of drug-likeness (QED) is 0.610. The summed E-state index contributed by atoms with van der Waals surface area (Å²) in [6, 6.07) is 10.2. The lowest BCUT2D eigenvalue weighted by atomic mass is 10.1. The topological polar surface area (TPSA) is 82.0 Å². The summed E-state index contributed by atoms with van der Waals surface area (Å²) in [7, 11) is 1.76. The number of anilines is 1. The zero-order chi connectivity index (χ0) is 22.0. The number of fused-ring (bicyclic) bond motifs is 1. The number of nitrogens with two attached hydrogens (primary N) is 1. The van der Waals surface area contributed by atoms with Crippen molar-refractivity contribution in [1.29, 1.82) is 0 Å². The number of rotatable bonds is 6. The third-order valence-electron chi connectivity index (χ3n) is 5.71. The van der Waals surface area contributed by atoms with Crippen LogP contribution in [0.5, 0.6) is 0 Å². The Hall–Kier alpha value is -2.35. The number of aryl methyl sites for hydroxylation is 2. The minimum absolute atomic E-state index is 0.0754. The molecule has 164 valence electrons. The van der Waals surface area contributed by atoms with Gasteiger partial charge in [-0.2, -0.15) is 4.98 Å². The first-order valence-corrected chi connectivity index (χ1v) is 11.2. The molecule has 1 atom stereocenters. The maximum Gasteiger partial charge on any atom is 0.279 e. The molecule has 1 aliphatic heterocycles. The van der Waals surface area contributed by atoms with E-state index >= 15 is 0 Å². The standard InChI is InChI=1S/C22H26Cl2N6O/c1-28-18(10-9-15-6-3-2-4-7-15)26-20-19(21(28)31)30(13-11-17(23)24)22(27-20)29-12-5-8-16(25)14-29/h2-4,6-7,11,16H,5,8-10,12-14,25H2,1H3. The van der Waals surface area contributed by atoms with Crippen LogP contribution >= 0.6 is 23.2 Å². The van der Waals surface area contributed by atoms with E-state index in [1.54, 1.807) is 17.7 Å². The first kappa shape index (κ1) is 21.9. The van der Waals surface area contributed by atoms with Crippen molar-refractivity contribution < 1.29 is 0 Å². The number of hydrogen-bond donors (Lipinski definition) is 1. The predicted molar refractivity (Wildman–Crippen MR) is 126 cm³/mol. The van der Waals surface area contributed by atoms with E-state index in [0.717, 1.165) is 25.8 Å². The SMILES string of the molecule is Cn1c(CCc2ccccc2)nc2nc(N3CCCC(N)C3)n(CC=C(Cl)Cl)c2c1=O. The second-order valence-electron chi connectivity index (χ2n) is 7.91. The fourth-order valence-corrected chi connectivity index (χ4v) is 4.22. The smallest absolute Gasteiger partial charge is 0.279 e. The van der Waals surface area contributed by atoms with E-state index in [4.69, 9.17) is 38.9 Å². The van der Waals surface area contributed by atoms with Crippen molar-refractivity contribution in [3.63, 3.8) is 0 Å². The Balaban J connectivity index is 1.76. The Labute approximate surface area is 191 Å². The van der Waals surface area contributed by atoms with Crippen molar-refractivity contribution in [2.75, 3.05) is 18.0 Å². The first-order chi connectivity index (χ1) is 14.9. The molecule has 31 heavy (non-hydrogen) atoms. The Morgan fingerprint density at radius 3 is 2.71 bits per heavy atom. The van der Waals surface area contributed by atoms with Crippen LogP contribution in [-0.4, -0.2) is 38.2 Å². The molecule has 1 fully saturated rings. The number of imidazole rings is 1. The molecule has 1 aliphatic rings. The third kappa shape index (κ3) is 4.79. The van der Waals surface area contributed by atoms with E-state index in [9.17, 15) is 4.79 Å². The fraction of sp³-hybridized carbons (Fsp3) is 0.409. The van der Waals surface area contributed by atoms with Gasteiger partial charge in [0.15, 0.2) is 11.2 Å². The summed E-state index contributed by atoms with van der Waals surface area (Å²) in [5.41, 5.74) is 8.15. The summed E-state index contributed by atoms with van der Waals surface area (Å²) in [6.07, 6.45) is 5.06.